The number of nitrogens with one attached hydrogen (secondary N) is 1. The zero-order chi connectivity index (χ0) is 15.8. The van der Waals surface area contributed by atoms with Crippen molar-refractivity contribution in [2.45, 2.75) is 18.2 Å². The van der Waals surface area contributed by atoms with Crippen LogP contribution in [0, 0.1) is 0 Å². The molecular formula is C12H14Br2N4O2S. The van der Waals surface area contributed by atoms with Gasteiger partial charge in [-0.15, -0.1) is 0 Å². The lowest BCUT2D eigenvalue weighted by atomic mass is 10.3. The van der Waals surface area contributed by atoms with Crippen LogP contribution in [0.1, 0.15) is 12.6 Å². The fourth-order valence-corrected chi connectivity index (χ4v) is 5.61. The summed E-state index contributed by atoms with van der Waals surface area (Å²) in [6.45, 7) is 1.91. The molecule has 0 fully saturated rings. The number of aryl methyl sites for hydroxylation is 2. The van der Waals surface area contributed by atoms with Crippen LogP contribution in [0.3, 0.4) is 0 Å². The lowest BCUT2D eigenvalue weighted by Crippen LogP contribution is -2.15. The molecule has 1 aromatic carbocycles. The van der Waals surface area contributed by atoms with Crippen molar-refractivity contribution in [3.8, 4) is 0 Å². The first-order chi connectivity index (χ1) is 9.74. The Morgan fingerprint density at radius 3 is 2.43 bits per heavy atom. The Morgan fingerprint density at radius 2 is 1.90 bits per heavy atom. The van der Waals surface area contributed by atoms with E-state index in [4.69, 9.17) is 5.73 Å². The number of hydrogen-bond donors (Lipinski definition) is 2. The molecule has 21 heavy (non-hydrogen) atoms. The van der Waals surface area contributed by atoms with Crippen molar-refractivity contribution in [3.05, 3.63) is 33.0 Å². The third kappa shape index (κ3) is 3.41. The van der Waals surface area contributed by atoms with Gasteiger partial charge in [0.2, 0.25) is 0 Å². The van der Waals surface area contributed by atoms with Crippen LogP contribution in [-0.2, 0) is 23.5 Å². The molecule has 3 N–H and O–H groups in total. The molecule has 0 saturated heterocycles. The Balaban J connectivity index is 2.48. The fourth-order valence-electron chi connectivity index (χ4n) is 1.91. The van der Waals surface area contributed by atoms with Gasteiger partial charge >= 0.3 is 0 Å². The van der Waals surface area contributed by atoms with Crippen LogP contribution < -0.4 is 10.5 Å². The summed E-state index contributed by atoms with van der Waals surface area (Å²) in [6, 6.07) is 3.09. The van der Waals surface area contributed by atoms with E-state index in [2.05, 4.69) is 41.7 Å². The summed E-state index contributed by atoms with van der Waals surface area (Å²) in [5.41, 5.74) is 7.30. The minimum atomic E-state index is -3.76. The third-order valence-electron chi connectivity index (χ3n) is 2.77. The number of nitrogens with zero attached hydrogens (tertiary/aromatic N) is 2. The normalized spacial score (nSPS) is 11.6. The van der Waals surface area contributed by atoms with Gasteiger partial charge in [0.25, 0.3) is 10.0 Å². The number of rotatable bonds is 4. The predicted molar refractivity (Wildman–Crippen MR) is 89.6 cm³/mol. The molecule has 0 aliphatic heterocycles. The van der Waals surface area contributed by atoms with Crippen molar-refractivity contribution in [2.24, 2.45) is 7.05 Å². The maximum absolute atomic E-state index is 12.6. The summed E-state index contributed by atoms with van der Waals surface area (Å²) in [6.07, 6.45) is 2.26. The quantitative estimate of drug-likeness (QED) is 0.719. The van der Waals surface area contributed by atoms with Crippen LogP contribution in [0.25, 0.3) is 0 Å². The SMILES string of the molecule is CCc1nn(C)cc1NS(=O)(=O)c1c(Br)cc(N)cc1Br. The van der Waals surface area contributed by atoms with Crippen LogP contribution >= 0.6 is 31.9 Å². The maximum atomic E-state index is 12.6. The molecule has 0 aliphatic rings. The van der Waals surface area contributed by atoms with Gasteiger partial charge in [0.15, 0.2) is 0 Å². The van der Waals surface area contributed by atoms with Gasteiger partial charge in [0, 0.05) is 27.9 Å². The van der Waals surface area contributed by atoms with E-state index in [0.29, 0.717) is 32.4 Å². The topological polar surface area (TPSA) is 90.0 Å². The van der Waals surface area contributed by atoms with Gasteiger partial charge in [-0.05, 0) is 50.4 Å². The second kappa shape index (κ2) is 5.98. The standard InChI is InChI=1S/C12H14Br2N4O2S/c1-3-10-11(6-18(2)16-10)17-21(19,20)12-8(13)4-7(15)5-9(12)14/h4-6,17H,3,15H2,1-2H3. The van der Waals surface area contributed by atoms with Crippen LogP contribution in [0.4, 0.5) is 11.4 Å². The Morgan fingerprint density at radius 1 is 1.33 bits per heavy atom. The number of aromatic nitrogens is 2. The summed E-state index contributed by atoms with van der Waals surface area (Å²) in [4.78, 5) is 0.0996. The molecule has 0 bridgehead atoms. The second-order valence-electron chi connectivity index (χ2n) is 4.44. The number of benzene rings is 1. The zero-order valence-electron chi connectivity index (χ0n) is 11.4. The van der Waals surface area contributed by atoms with E-state index < -0.39 is 10.0 Å². The fraction of sp³-hybridized carbons (Fsp3) is 0.250. The lowest BCUT2D eigenvalue weighted by Gasteiger charge is -2.11. The van der Waals surface area contributed by atoms with Crippen LogP contribution in [0.5, 0.6) is 0 Å². The molecule has 0 radical (unpaired) electrons. The van der Waals surface area contributed by atoms with Crippen LogP contribution in [0.2, 0.25) is 0 Å². The van der Waals surface area contributed by atoms with Crippen molar-refractivity contribution in [2.75, 3.05) is 10.5 Å². The summed E-state index contributed by atoms with van der Waals surface area (Å²) in [5, 5.41) is 4.21. The number of nitrogen functional groups attached to an aromatic ring is 1. The highest BCUT2D eigenvalue weighted by Gasteiger charge is 2.23. The van der Waals surface area contributed by atoms with Gasteiger partial charge in [-0.1, -0.05) is 6.92 Å². The van der Waals surface area contributed by atoms with Gasteiger partial charge in [0.1, 0.15) is 4.90 Å². The van der Waals surface area contributed by atoms with Gasteiger partial charge in [-0.3, -0.25) is 9.40 Å². The molecule has 0 spiro atoms. The van der Waals surface area contributed by atoms with Crippen LogP contribution in [-0.4, -0.2) is 18.2 Å². The van der Waals surface area contributed by atoms with Crippen molar-refractivity contribution in [1.29, 1.82) is 0 Å². The molecule has 0 unspecified atom stereocenters. The third-order valence-corrected chi connectivity index (χ3v) is 6.02. The molecule has 1 heterocycles. The average molecular weight is 438 g/mol. The highest BCUT2D eigenvalue weighted by atomic mass is 79.9. The number of sulfonamides is 1. The van der Waals surface area contributed by atoms with E-state index in [0.717, 1.165) is 0 Å². The molecular weight excluding hydrogens is 424 g/mol. The lowest BCUT2D eigenvalue weighted by molar-refractivity contribution is 0.600. The minimum absolute atomic E-state index is 0.0996. The van der Waals surface area contributed by atoms with Gasteiger partial charge in [0.05, 0.1) is 11.4 Å². The summed E-state index contributed by atoms with van der Waals surface area (Å²) in [5.74, 6) is 0. The first-order valence-corrected chi connectivity index (χ1v) is 9.11. The van der Waals surface area contributed by atoms with E-state index in [1.807, 2.05) is 6.92 Å². The smallest absolute Gasteiger partial charge is 0.264 e. The van der Waals surface area contributed by atoms with E-state index >= 15 is 0 Å². The Bertz CT molecular complexity index is 764. The molecule has 6 nitrogen and oxygen atoms in total. The average Bonchev–Trinajstić information content (AvgIpc) is 2.66. The molecule has 0 saturated carbocycles. The van der Waals surface area contributed by atoms with Crippen molar-refractivity contribution in [1.82, 2.24) is 9.78 Å². The van der Waals surface area contributed by atoms with E-state index in [-0.39, 0.29) is 4.90 Å². The minimum Gasteiger partial charge on any atom is -0.399 e. The number of hydrogen-bond acceptors (Lipinski definition) is 4. The Labute approximate surface area is 140 Å². The van der Waals surface area contributed by atoms with Gasteiger partial charge in [-0.25, -0.2) is 8.42 Å². The molecule has 0 aliphatic carbocycles. The molecule has 1 aromatic heterocycles. The highest BCUT2D eigenvalue weighted by molar-refractivity contribution is 9.11. The number of anilines is 2. The predicted octanol–water partition coefficient (Wildman–Crippen LogP) is 2.89. The first-order valence-electron chi connectivity index (χ1n) is 6.04. The molecule has 2 aromatic rings. The van der Waals surface area contributed by atoms with Crippen molar-refractivity contribution < 1.29 is 8.42 Å². The Hall–Kier alpha value is -1.06. The molecule has 0 atom stereocenters. The molecule has 0 amide bonds. The van der Waals surface area contributed by atoms with Crippen molar-refractivity contribution in [3.63, 3.8) is 0 Å². The number of nitrogens with two attached hydrogens (primary N) is 1. The van der Waals surface area contributed by atoms with Gasteiger partial charge < -0.3 is 5.73 Å². The van der Waals surface area contributed by atoms with E-state index in [1.165, 1.54) is 0 Å². The van der Waals surface area contributed by atoms with Gasteiger partial charge in [-0.2, -0.15) is 5.10 Å². The zero-order valence-corrected chi connectivity index (χ0v) is 15.4. The maximum Gasteiger partial charge on any atom is 0.264 e. The second-order valence-corrected chi connectivity index (χ2v) is 7.76. The summed E-state index contributed by atoms with van der Waals surface area (Å²) >= 11 is 6.48. The van der Waals surface area contributed by atoms with E-state index in [9.17, 15) is 8.42 Å². The van der Waals surface area contributed by atoms with E-state index in [1.54, 1.807) is 30.1 Å². The molecule has 9 heteroatoms. The Kier molecular flexibility index (Phi) is 4.64. The first kappa shape index (κ1) is 16.3. The summed E-state index contributed by atoms with van der Waals surface area (Å²) < 4.78 is 30.1. The molecule has 2 rings (SSSR count). The summed E-state index contributed by atoms with van der Waals surface area (Å²) in [7, 11) is -2.02. The largest absolute Gasteiger partial charge is 0.399 e. The van der Waals surface area contributed by atoms with Crippen molar-refractivity contribution >= 4 is 53.3 Å². The molecule has 114 valence electrons. The highest BCUT2D eigenvalue weighted by Crippen LogP contribution is 2.33. The van der Waals surface area contributed by atoms with Crippen LogP contribution in [0.15, 0.2) is 32.2 Å². The number of halogens is 2. The monoisotopic (exact) mass is 436 g/mol.